The maximum Gasteiger partial charge on any atom is 0.263 e. The number of allylic oxidation sites excluding steroid dienone is 2. The molecule has 11 heteroatoms. The Bertz CT molecular complexity index is 1330. The molecule has 0 aliphatic carbocycles. The Kier molecular flexibility index (Phi) is 6.31. The van der Waals surface area contributed by atoms with Crippen molar-refractivity contribution in [2.24, 2.45) is 0 Å². The van der Waals surface area contributed by atoms with Gasteiger partial charge < -0.3 is 10.6 Å². The lowest BCUT2D eigenvalue weighted by Crippen LogP contribution is -2.24. The number of rotatable bonds is 6. The maximum atomic E-state index is 14.8. The Morgan fingerprint density at radius 2 is 1.97 bits per heavy atom. The number of hydrogen-bond donors (Lipinski definition) is 3. The molecule has 2 aromatic carbocycles. The standard InChI is InChI=1S/C21H16Cl2FN5O2S/c22-15-4-1-5-19(20(15)23)32(30,31)29-18-7-6-13(11-16(18)24)28-21-14(3-2-9-26-21)17-8-10-25-12-27-17/h1-8,10-12,26,28-29H,9H2. The monoisotopic (exact) mass is 491 g/mol. The number of hydrogen-bond acceptors (Lipinski definition) is 6. The van der Waals surface area contributed by atoms with Gasteiger partial charge in [-0.1, -0.05) is 41.4 Å². The molecule has 0 amide bonds. The first-order valence-corrected chi connectivity index (χ1v) is 11.5. The van der Waals surface area contributed by atoms with Crippen molar-refractivity contribution in [3.05, 3.63) is 94.5 Å². The van der Waals surface area contributed by atoms with E-state index in [4.69, 9.17) is 23.2 Å². The van der Waals surface area contributed by atoms with Crippen LogP contribution in [0.25, 0.3) is 5.57 Å². The highest BCUT2D eigenvalue weighted by molar-refractivity contribution is 7.92. The summed E-state index contributed by atoms with van der Waals surface area (Å²) < 4.78 is 42.3. The molecular formula is C21H16Cl2FN5O2S. The molecule has 2 heterocycles. The van der Waals surface area contributed by atoms with Crippen molar-refractivity contribution < 1.29 is 12.8 Å². The van der Waals surface area contributed by atoms with Crippen LogP contribution in [0.5, 0.6) is 0 Å². The van der Waals surface area contributed by atoms with Gasteiger partial charge in [0.25, 0.3) is 10.0 Å². The number of anilines is 2. The predicted octanol–water partition coefficient (Wildman–Crippen LogP) is 4.66. The molecule has 0 atom stereocenters. The van der Waals surface area contributed by atoms with Gasteiger partial charge in [-0.25, -0.2) is 22.8 Å². The van der Waals surface area contributed by atoms with Crippen molar-refractivity contribution in [2.45, 2.75) is 4.90 Å². The molecule has 0 spiro atoms. The van der Waals surface area contributed by atoms with Crippen molar-refractivity contribution in [1.82, 2.24) is 15.3 Å². The zero-order valence-electron chi connectivity index (χ0n) is 16.3. The van der Waals surface area contributed by atoms with Crippen LogP contribution in [0, 0.1) is 5.82 Å². The van der Waals surface area contributed by atoms with Crippen LogP contribution in [0.15, 0.2) is 77.9 Å². The van der Waals surface area contributed by atoms with Crippen LogP contribution in [0.1, 0.15) is 5.69 Å². The summed E-state index contributed by atoms with van der Waals surface area (Å²) in [6.07, 6.45) is 6.90. The van der Waals surface area contributed by atoms with Crippen molar-refractivity contribution >= 4 is 50.2 Å². The minimum atomic E-state index is -4.15. The van der Waals surface area contributed by atoms with E-state index in [1.165, 1.54) is 36.7 Å². The van der Waals surface area contributed by atoms with E-state index in [9.17, 15) is 12.8 Å². The van der Waals surface area contributed by atoms with Gasteiger partial charge in [-0.2, -0.15) is 0 Å². The first-order chi connectivity index (χ1) is 15.3. The summed E-state index contributed by atoms with van der Waals surface area (Å²) in [6, 6.07) is 10.00. The quantitative estimate of drug-likeness (QED) is 0.463. The van der Waals surface area contributed by atoms with Crippen molar-refractivity contribution in [3.63, 3.8) is 0 Å². The molecule has 0 bridgehead atoms. The zero-order chi connectivity index (χ0) is 22.7. The van der Waals surface area contributed by atoms with E-state index in [2.05, 4.69) is 25.3 Å². The average molecular weight is 492 g/mol. The molecule has 0 saturated carbocycles. The fourth-order valence-electron chi connectivity index (χ4n) is 3.00. The summed E-state index contributed by atoms with van der Waals surface area (Å²) in [5, 5.41) is 6.23. The lowest BCUT2D eigenvalue weighted by Gasteiger charge is -2.20. The molecule has 0 fully saturated rings. The third-order valence-corrected chi connectivity index (χ3v) is 6.84. The fourth-order valence-corrected chi connectivity index (χ4v) is 4.83. The van der Waals surface area contributed by atoms with Crippen LogP contribution in [-0.4, -0.2) is 24.9 Å². The highest BCUT2D eigenvalue weighted by Gasteiger charge is 2.21. The van der Waals surface area contributed by atoms with Gasteiger partial charge in [0.05, 0.1) is 21.4 Å². The first-order valence-electron chi connectivity index (χ1n) is 9.29. The normalized spacial score (nSPS) is 13.6. The van der Waals surface area contributed by atoms with E-state index < -0.39 is 15.8 Å². The average Bonchev–Trinajstić information content (AvgIpc) is 2.78. The molecule has 164 valence electrons. The Morgan fingerprint density at radius 1 is 1.12 bits per heavy atom. The van der Waals surface area contributed by atoms with E-state index in [1.54, 1.807) is 18.3 Å². The topological polar surface area (TPSA) is 96.0 Å². The summed E-state index contributed by atoms with van der Waals surface area (Å²) in [5.41, 5.74) is 1.65. The van der Waals surface area contributed by atoms with E-state index in [0.29, 0.717) is 23.7 Å². The van der Waals surface area contributed by atoms with Gasteiger partial charge in [0, 0.05) is 24.0 Å². The van der Waals surface area contributed by atoms with Crippen LogP contribution in [0.2, 0.25) is 10.0 Å². The Balaban J connectivity index is 1.59. The predicted molar refractivity (Wildman–Crippen MR) is 123 cm³/mol. The van der Waals surface area contributed by atoms with E-state index in [0.717, 1.165) is 5.57 Å². The van der Waals surface area contributed by atoms with Crippen molar-refractivity contribution in [1.29, 1.82) is 0 Å². The van der Waals surface area contributed by atoms with Crippen molar-refractivity contribution in [2.75, 3.05) is 16.6 Å². The molecule has 4 rings (SSSR count). The van der Waals surface area contributed by atoms with E-state index in [1.807, 2.05) is 12.2 Å². The highest BCUT2D eigenvalue weighted by atomic mass is 35.5. The number of nitrogens with one attached hydrogen (secondary N) is 3. The molecule has 3 N–H and O–H groups in total. The summed E-state index contributed by atoms with van der Waals surface area (Å²) in [6.45, 7) is 0.581. The van der Waals surface area contributed by atoms with Gasteiger partial charge in [-0.3, -0.25) is 4.72 Å². The smallest absolute Gasteiger partial charge is 0.263 e. The zero-order valence-corrected chi connectivity index (χ0v) is 18.6. The van der Waals surface area contributed by atoms with Crippen LogP contribution in [0.4, 0.5) is 15.8 Å². The first kappa shape index (κ1) is 22.1. The summed E-state index contributed by atoms with van der Waals surface area (Å²) in [7, 11) is -4.15. The molecule has 1 aromatic heterocycles. The minimum Gasteiger partial charge on any atom is -0.368 e. The SMILES string of the molecule is O=S(=O)(Nc1ccc(NC2=C(c3ccncn3)C=CCN2)cc1F)c1cccc(Cl)c1Cl. The molecule has 1 aliphatic rings. The Hall–Kier alpha value is -3.14. The summed E-state index contributed by atoms with van der Waals surface area (Å²) in [4.78, 5) is 7.90. The van der Waals surface area contributed by atoms with Crippen LogP contribution in [0.3, 0.4) is 0 Å². The summed E-state index contributed by atoms with van der Waals surface area (Å²) in [5.74, 6) is -0.142. The van der Waals surface area contributed by atoms with Crippen LogP contribution in [-0.2, 0) is 10.0 Å². The molecule has 0 saturated heterocycles. The Labute approximate surface area is 194 Å². The van der Waals surface area contributed by atoms with Gasteiger partial charge in [0.1, 0.15) is 22.9 Å². The number of dihydropyridines is 1. The molecule has 0 unspecified atom stereocenters. The molecule has 0 radical (unpaired) electrons. The second kappa shape index (κ2) is 9.15. The van der Waals surface area contributed by atoms with Gasteiger partial charge in [0.15, 0.2) is 0 Å². The molecule has 32 heavy (non-hydrogen) atoms. The molecule has 3 aromatic rings. The molecular weight excluding hydrogens is 476 g/mol. The number of aromatic nitrogens is 2. The second-order valence-electron chi connectivity index (χ2n) is 6.64. The second-order valence-corrected chi connectivity index (χ2v) is 9.08. The molecule has 7 nitrogen and oxygen atoms in total. The number of nitrogens with zero attached hydrogens (tertiary/aromatic N) is 2. The third-order valence-electron chi connectivity index (χ3n) is 4.50. The van der Waals surface area contributed by atoms with Gasteiger partial charge >= 0.3 is 0 Å². The lowest BCUT2D eigenvalue weighted by atomic mass is 10.1. The number of sulfonamides is 1. The van der Waals surface area contributed by atoms with Gasteiger partial charge in [0.2, 0.25) is 0 Å². The van der Waals surface area contributed by atoms with Crippen LogP contribution >= 0.6 is 23.2 Å². The number of benzene rings is 2. The third kappa shape index (κ3) is 4.69. The largest absolute Gasteiger partial charge is 0.368 e. The van der Waals surface area contributed by atoms with Crippen LogP contribution < -0.4 is 15.4 Å². The summed E-state index contributed by atoms with van der Waals surface area (Å²) >= 11 is 11.9. The van der Waals surface area contributed by atoms with Crippen molar-refractivity contribution in [3.8, 4) is 0 Å². The molecule has 1 aliphatic heterocycles. The fraction of sp³-hybridized carbons (Fsp3) is 0.0476. The van der Waals surface area contributed by atoms with E-state index in [-0.39, 0.29) is 20.6 Å². The van der Waals surface area contributed by atoms with Gasteiger partial charge in [-0.15, -0.1) is 0 Å². The van der Waals surface area contributed by atoms with Gasteiger partial charge in [-0.05, 0) is 36.4 Å². The maximum absolute atomic E-state index is 14.8. The van der Waals surface area contributed by atoms with E-state index >= 15 is 0 Å². The highest BCUT2D eigenvalue weighted by Crippen LogP contribution is 2.31. The minimum absolute atomic E-state index is 0.0800. The lowest BCUT2D eigenvalue weighted by molar-refractivity contribution is 0.598. The Morgan fingerprint density at radius 3 is 2.72 bits per heavy atom. The number of halogens is 3.